The van der Waals surface area contributed by atoms with Gasteiger partial charge in [0.05, 0.1) is 22.0 Å². The average Bonchev–Trinajstić information content (AvgIpc) is 2.70. The molecule has 0 fully saturated rings. The molecular formula is C21H18Cl2N2O4S. The zero-order valence-electron chi connectivity index (χ0n) is 15.9. The lowest BCUT2D eigenvalue weighted by molar-refractivity contribution is -0.114. The maximum Gasteiger partial charge on any atom is 0.245 e. The van der Waals surface area contributed by atoms with Gasteiger partial charge in [-0.1, -0.05) is 41.4 Å². The summed E-state index contributed by atoms with van der Waals surface area (Å²) in [5.74, 6) is 0.788. The number of hydrogen-bond donors (Lipinski definition) is 1. The van der Waals surface area contributed by atoms with Crippen LogP contribution in [0.1, 0.15) is 0 Å². The zero-order valence-corrected chi connectivity index (χ0v) is 18.2. The van der Waals surface area contributed by atoms with Crippen LogP contribution in [0.5, 0.6) is 11.5 Å². The van der Waals surface area contributed by atoms with Crippen molar-refractivity contribution in [3.8, 4) is 11.5 Å². The summed E-state index contributed by atoms with van der Waals surface area (Å²) in [7, 11) is -3.73. The number of anilines is 2. The molecule has 0 aromatic heterocycles. The van der Waals surface area contributed by atoms with Crippen LogP contribution in [0.15, 0.2) is 72.8 Å². The first-order valence-corrected chi connectivity index (χ1v) is 11.4. The number of rotatable bonds is 7. The van der Waals surface area contributed by atoms with Crippen molar-refractivity contribution in [1.82, 2.24) is 0 Å². The van der Waals surface area contributed by atoms with E-state index in [9.17, 15) is 13.2 Å². The third-order valence-electron chi connectivity index (χ3n) is 4.00. The highest BCUT2D eigenvalue weighted by Crippen LogP contribution is 2.28. The fourth-order valence-electron chi connectivity index (χ4n) is 2.60. The highest BCUT2D eigenvalue weighted by atomic mass is 35.5. The van der Waals surface area contributed by atoms with Gasteiger partial charge in [-0.05, 0) is 54.6 Å². The number of hydrogen-bond acceptors (Lipinski definition) is 4. The summed E-state index contributed by atoms with van der Waals surface area (Å²) < 4.78 is 31.0. The molecule has 0 unspecified atom stereocenters. The SMILES string of the molecule is CS(=O)(=O)N(CC(=O)Nc1ccc(Oc2ccccc2)cc1)c1ccc(Cl)c(Cl)c1. The normalized spacial score (nSPS) is 11.0. The van der Waals surface area contributed by atoms with Crippen LogP contribution in [0.3, 0.4) is 0 Å². The highest BCUT2D eigenvalue weighted by molar-refractivity contribution is 7.92. The number of ether oxygens (including phenoxy) is 1. The number of benzene rings is 3. The van der Waals surface area contributed by atoms with Crippen molar-refractivity contribution in [2.45, 2.75) is 0 Å². The number of nitrogens with zero attached hydrogens (tertiary/aromatic N) is 1. The minimum atomic E-state index is -3.73. The molecule has 3 aromatic rings. The molecule has 1 amide bonds. The van der Waals surface area contributed by atoms with Gasteiger partial charge < -0.3 is 10.1 Å². The van der Waals surface area contributed by atoms with Gasteiger partial charge in [-0.15, -0.1) is 0 Å². The van der Waals surface area contributed by atoms with Crippen LogP contribution in [0.4, 0.5) is 11.4 Å². The molecule has 0 heterocycles. The van der Waals surface area contributed by atoms with Gasteiger partial charge in [-0.2, -0.15) is 0 Å². The molecule has 0 atom stereocenters. The fraction of sp³-hybridized carbons (Fsp3) is 0.0952. The number of carbonyl (C=O) groups excluding carboxylic acids is 1. The number of sulfonamides is 1. The monoisotopic (exact) mass is 464 g/mol. The van der Waals surface area contributed by atoms with Gasteiger partial charge in [-0.3, -0.25) is 9.10 Å². The molecule has 1 N–H and O–H groups in total. The molecule has 0 bridgehead atoms. The summed E-state index contributed by atoms with van der Waals surface area (Å²) in [5, 5.41) is 3.15. The van der Waals surface area contributed by atoms with Crippen molar-refractivity contribution in [3.05, 3.63) is 82.8 Å². The Kier molecular flexibility index (Phi) is 6.87. The summed E-state index contributed by atoms with van der Waals surface area (Å²) in [6.07, 6.45) is 1.01. The van der Waals surface area contributed by atoms with Crippen molar-refractivity contribution in [2.75, 3.05) is 22.4 Å². The molecule has 0 aliphatic rings. The fourth-order valence-corrected chi connectivity index (χ4v) is 3.74. The average molecular weight is 465 g/mol. The minimum absolute atomic E-state index is 0.192. The van der Waals surface area contributed by atoms with Crippen molar-refractivity contribution in [3.63, 3.8) is 0 Å². The summed E-state index contributed by atoms with van der Waals surface area (Å²) in [6, 6.07) is 20.4. The second-order valence-corrected chi connectivity index (χ2v) is 9.08. The molecule has 156 valence electrons. The van der Waals surface area contributed by atoms with Crippen molar-refractivity contribution in [2.24, 2.45) is 0 Å². The third-order valence-corrected chi connectivity index (χ3v) is 5.88. The Labute approximate surface area is 185 Å². The van der Waals surface area contributed by atoms with Crippen LogP contribution in [0.25, 0.3) is 0 Å². The van der Waals surface area contributed by atoms with E-state index in [2.05, 4.69) is 5.32 Å². The second kappa shape index (κ2) is 9.38. The van der Waals surface area contributed by atoms with Crippen LogP contribution in [0.2, 0.25) is 10.0 Å². The first kappa shape index (κ1) is 22.0. The number of halogens is 2. The maximum absolute atomic E-state index is 12.5. The zero-order chi connectivity index (χ0) is 21.7. The van der Waals surface area contributed by atoms with E-state index in [1.165, 1.54) is 18.2 Å². The molecule has 30 heavy (non-hydrogen) atoms. The Morgan fingerprint density at radius 3 is 2.17 bits per heavy atom. The van der Waals surface area contributed by atoms with Crippen LogP contribution >= 0.6 is 23.2 Å². The largest absolute Gasteiger partial charge is 0.457 e. The van der Waals surface area contributed by atoms with Gasteiger partial charge in [0.1, 0.15) is 18.0 Å². The maximum atomic E-state index is 12.5. The third kappa shape index (κ3) is 5.89. The lowest BCUT2D eigenvalue weighted by atomic mass is 10.3. The Morgan fingerprint density at radius 1 is 0.933 bits per heavy atom. The highest BCUT2D eigenvalue weighted by Gasteiger charge is 2.21. The second-order valence-electron chi connectivity index (χ2n) is 6.36. The number of nitrogens with one attached hydrogen (secondary N) is 1. The van der Waals surface area contributed by atoms with Gasteiger partial charge in [0, 0.05) is 5.69 Å². The smallest absolute Gasteiger partial charge is 0.245 e. The lowest BCUT2D eigenvalue weighted by Crippen LogP contribution is -2.37. The van der Waals surface area contributed by atoms with Gasteiger partial charge in [-0.25, -0.2) is 8.42 Å². The van der Waals surface area contributed by atoms with E-state index in [-0.39, 0.29) is 15.7 Å². The van der Waals surface area contributed by atoms with Gasteiger partial charge in [0.15, 0.2) is 0 Å². The molecule has 9 heteroatoms. The van der Waals surface area contributed by atoms with E-state index in [0.717, 1.165) is 10.6 Å². The molecule has 3 rings (SSSR count). The van der Waals surface area contributed by atoms with Gasteiger partial charge >= 0.3 is 0 Å². The first-order chi connectivity index (χ1) is 14.2. The molecule has 0 aliphatic carbocycles. The number of para-hydroxylation sites is 1. The standard InChI is InChI=1S/C21H18Cl2N2O4S/c1-30(27,28)25(16-9-12-19(22)20(23)13-16)14-21(26)24-15-7-10-18(11-8-15)29-17-5-3-2-4-6-17/h2-13H,14H2,1H3,(H,24,26). The predicted molar refractivity (Wildman–Crippen MR) is 120 cm³/mol. The van der Waals surface area contributed by atoms with Crippen molar-refractivity contribution in [1.29, 1.82) is 0 Å². The Bertz CT molecular complexity index is 1140. The topological polar surface area (TPSA) is 75.7 Å². The van der Waals surface area contributed by atoms with E-state index < -0.39 is 22.5 Å². The summed E-state index contributed by atoms with van der Waals surface area (Å²) >= 11 is 11.9. The Hall–Kier alpha value is -2.74. The van der Waals surface area contributed by atoms with E-state index >= 15 is 0 Å². The van der Waals surface area contributed by atoms with Gasteiger partial charge in [0.25, 0.3) is 0 Å². The summed E-state index contributed by atoms with van der Waals surface area (Å²) in [4.78, 5) is 12.5. The van der Waals surface area contributed by atoms with E-state index in [1.54, 1.807) is 24.3 Å². The number of amides is 1. The van der Waals surface area contributed by atoms with E-state index in [1.807, 2.05) is 30.3 Å². The molecular weight excluding hydrogens is 447 g/mol. The molecule has 0 saturated carbocycles. The van der Waals surface area contributed by atoms with Crippen molar-refractivity contribution < 1.29 is 17.9 Å². The Morgan fingerprint density at radius 2 is 1.57 bits per heavy atom. The van der Waals surface area contributed by atoms with Crippen LogP contribution < -0.4 is 14.4 Å². The molecule has 6 nitrogen and oxygen atoms in total. The van der Waals surface area contributed by atoms with Crippen LogP contribution in [-0.4, -0.2) is 27.1 Å². The quantitative estimate of drug-likeness (QED) is 0.521. The van der Waals surface area contributed by atoms with E-state index in [0.29, 0.717) is 17.2 Å². The Balaban J connectivity index is 1.68. The molecule has 0 radical (unpaired) electrons. The van der Waals surface area contributed by atoms with Crippen LogP contribution in [-0.2, 0) is 14.8 Å². The molecule has 0 aliphatic heterocycles. The molecule has 0 spiro atoms. The predicted octanol–water partition coefficient (Wildman–Crippen LogP) is 5.19. The molecule has 3 aromatic carbocycles. The minimum Gasteiger partial charge on any atom is -0.457 e. The van der Waals surface area contributed by atoms with Crippen LogP contribution in [0, 0.1) is 0 Å². The van der Waals surface area contributed by atoms with Crippen molar-refractivity contribution >= 4 is 50.5 Å². The van der Waals surface area contributed by atoms with Gasteiger partial charge in [0.2, 0.25) is 15.9 Å². The summed E-state index contributed by atoms with van der Waals surface area (Å²) in [6.45, 7) is -0.418. The summed E-state index contributed by atoms with van der Waals surface area (Å²) in [5.41, 5.74) is 0.747. The lowest BCUT2D eigenvalue weighted by Gasteiger charge is -2.22. The number of carbonyl (C=O) groups is 1. The van der Waals surface area contributed by atoms with E-state index in [4.69, 9.17) is 27.9 Å². The first-order valence-electron chi connectivity index (χ1n) is 8.78. The molecule has 0 saturated heterocycles.